The Morgan fingerprint density at radius 3 is 1.89 bits per heavy atom. The summed E-state index contributed by atoms with van der Waals surface area (Å²) >= 11 is 3.29. The SMILES string of the molecule is Nc1ccc(N)c2c1C(=O)c1ccc(Br)cc1C2=O. The number of hydrogen-bond donors (Lipinski definition) is 2. The molecule has 0 saturated heterocycles. The van der Waals surface area contributed by atoms with E-state index >= 15 is 0 Å². The number of nitrogens with two attached hydrogens (primary N) is 2. The Hall–Kier alpha value is -2.14. The fraction of sp³-hybridized carbons (Fsp3) is 0. The van der Waals surface area contributed by atoms with E-state index in [1.165, 1.54) is 0 Å². The molecule has 0 amide bonds. The van der Waals surface area contributed by atoms with Crippen molar-refractivity contribution in [3.8, 4) is 0 Å². The van der Waals surface area contributed by atoms with E-state index in [1.807, 2.05) is 0 Å². The fourth-order valence-electron chi connectivity index (χ4n) is 2.30. The van der Waals surface area contributed by atoms with Crippen LogP contribution in [-0.2, 0) is 0 Å². The van der Waals surface area contributed by atoms with Crippen LogP contribution in [0.5, 0.6) is 0 Å². The molecule has 0 spiro atoms. The van der Waals surface area contributed by atoms with Crippen molar-refractivity contribution in [3.63, 3.8) is 0 Å². The van der Waals surface area contributed by atoms with Crippen LogP contribution in [0.3, 0.4) is 0 Å². The predicted molar refractivity (Wildman–Crippen MR) is 76.3 cm³/mol. The van der Waals surface area contributed by atoms with Crippen molar-refractivity contribution in [3.05, 3.63) is 57.1 Å². The van der Waals surface area contributed by atoms with E-state index in [4.69, 9.17) is 11.5 Å². The van der Waals surface area contributed by atoms with E-state index in [0.29, 0.717) is 11.1 Å². The van der Waals surface area contributed by atoms with E-state index in [9.17, 15) is 9.59 Å². The van der Waals surface area contributed by atoms with Crippen LogP contribution in [0.2, 0.25) is 0 Å². The molecule has 0 radical (unpaired) electrons. The number of hydrogen-bond acceptors (Lipinski definition) is 4. The predicted octanol–water partition coefficient (Wildman–Crippen LogP) is 2.39. The van der Waals surface area contributed by atoms with E-state index in [-0.39, 0.29) is 34.1 Å². The van der Waals surface area contributed by atoms with Gasteiger partial charge in [0.1, 0.15) is 0 Å². The van der Waals surface area contributed by atoms with Crippen LogP contribution < -0.4 is 11.5 Å². The number of anilines is 2. The molecule has 0 bridgehead atoms. The average molecular weight is 317 g/mol. The maximum Gasteiger partial charge on any atom is 0.196 e. The zero-order chi connectivity index (χ0) is 13.7. The van der Waals surface area contributed by atoms with E-state index < -0.39 is 0 Å². The van der Waals surface area contributed by atoms with Crippen molar-refractivity contribution in [1.29, 1.82) is 0 Å². The third kappa shape index (κ3) is 1.58. The minimum Gasteiger partial charge on any atom is -0.398 e. The third-order valence-corrected chi connectivity index (χ3v) is 3.69. The molecule has 0 atom stereocenters. The molecule has 0 heterocycles. The van der Waals surface area contributed by atoms with Crippen LogP contribution in [0, 0.1) is 0 Å². The first kappa shape index (κ1) is 11.9. The standard InChI is InChI=1S/C14H9BrN2O2/c15-6-1-2-7-8(5-6)14(19)12-10(17)4-3-9(16)11(12)13(7)18/h1-5H,16-17H2. The summed E-state index contributed by atoms with van der Waals surface area (Å²) in [4.78, 5) is 24.9. The highest BCUT2D eigenvalue weighted by Gasteiger charge is 2.32. The van der Waals surface area contributed by atoms with E-state index in [1.54, 1.807) is 30.3 Å². The Morgan fingerprint density at radius 1 is 0.789 bits per heavy atom. The number of nitrogen functional groups attached to an aromatic ring is 2. The van der Waals surface area contributed by atoms with Gasteiger partial charge in [-0.25, -0.2) is 0 Å². The lowest BCUT2D eigenvalue weighted by Gasteiger charge is -2.20. The molecular weight excluding hydrogens is 308 g/mol. The Kier molecular flexibility index (Phi) is 2.46. The quantitative estimate of drug-likeness (QED) is 0.623. The summed E-state index contributed by atoms with van der Waals surface area (Å²) in [6.07, 6.45) is 0. The summed E-state index contributed by atoms with van der Waals surface area (Å²) in [7, 11) is 0. The molecule has 5 heteroatoms. The van der Waals surface area contributed by atoms with Gasteiger partial charge >= 0.3 is 0 Å². The van der Waals surface area contributed by atoms with Gasteiger partial charge in [0.15, 0.2) is 11.6 Å². The summed E-state index contributed by atoms with van der Waals surface area (Å²) in [6.45, 7) is 0. The molecule has 0 aromatic heterocycles. The van der Waals surface area contributed by atoms with Crippen LogP contribution in [0.25, 0.3) is 0 Å². The minimum atomic E-state index is -0.268. The number of halogens is 1. The fourth-order valence-corrected chi connectivity index (χ4v) is 2.66. The van der Waals surface area contributed by atoms with Crippen molar-refractivity contribution >= 4 is 38.9 Å². The Bertz CT molecular complexity index is 753. The molecule has 19 heavy (non-hydrogen) atoms. The first-order valence-corrected chi connectivity index (χ1v) is 6.37. The lowest BCUT2D eigenvalue weighted by atomic mass is 9.82. The van der Waals surface area contributed by atoms with Crippen molar-refractivity contribution in [2.45, 2.75) is 0 Å². The number of ketones is 2. The average Bonchev–Trinajstić information content (AvgIpc) is 2.38. The second kappa shape index (κ2) is 3.93. The zero-order valence-electron chi connectivity index (χ0n) is 9.74. The van der Waals surface area contributed by atoms with Crippen molar-refractivity contribution in [2.24, 2.45) is 0 Å². The molecule has 2 aromatic rings. The summed E-state index contributed by atoms with van der Waals surface area (Å²) in [5, 5.41) is 0. The zero-order valence-corrected chi connectivity index (χ0v) is 11.3. The molecule has 4 N–H and O–H groups in total. The molecule has 0 saturated carbocycles. The van der Waals surface area contributed by atoms with Crippen LogP contribution in [0.1, 0.15) is 31.8 Å². The van der Waals surface area contributed by atoms with Crippen molar-refractivity contribution < 1.29 is 9.59 Å². The van der Waals surface area contributed by atoms with E-state index in [0.717, 1.165) is 4.47 Å². The summed E-state index contributed by atoms with van der Waals surface area (Å²) in [6, 6.07) is 8.05. The summed E-state index contributed by atoms with van der Waals surface area (Å²) in [5.41, 5.74) is 13.3. The van der Waals surface area contributed by atoms with Crippen LogP contribution >= 0.6 is 15.9 Å². The Morgan fingerprint density at radius 2 is 1.32 bits per heavy atom. The van der Waals surface area contributed by atoms with Crippen LogP contribution in [0.15, 0.2) is 34.8 Å². The van der Waals surface area contributed by atoms with Gasteiger partial charge < -0.3 is 11.5 Å². The number of carbonyl (C=O) groups excluding carboxylic acids is 2. The first-order valence-electron chi connectivity index (χ1n) is 5.57. The maximum atomic E-state index is 12.5. The molecule has 4 nitrogen and oxygen atoms in total. The topological polar surface area (TPSA) is 86.2 Å². The van der Waals surface area contributed by atoms with Gasteiger partial charge in [0.2, 0.25) is 0 Å². The first-order chi connectivity index (χ1) is 9.00. The Labute approximate surface area is 117 Å². The maximum absolute atomic E-state index is 12.5. The molecule has 1 aliphatic carbocycles. The molecule has 0 unspecified atom stereocenters. The molecule has 3 rings (SSSR count). The molecule has 2 aromatic carbocycles. The number of rotatable bonds is 0. The second-order valence-corrected chi connectivity index (χ2v) is 5.26. The normalized spacial score (nSPS) is 13.1. The summed E-state index contributed by atoms with van der Waals surface area (Å²) in [5.74, 6) is -0.530. The van der Waals surface area contributed by atoms with Gasteiger partial charge in [0, 0.05) is 27.0 Å². The number of fused-ring (bicyclic) bond motifs is 2. The molecule has 94 valence electrons. The molecule has 0 aliphatic heterocycles. The minimum absolute atomic E-state index is 0.204. The second-order valence-electron chi connectivity index (χ2n) is 4.34. The summed E-state index contributed by atoms with van der Waals surface area (Å²) < 4.78 is 0.735. The smallest absolute Gasteiger partial charge is 0.196 e. The molecule has 0 fully saturated rings. The van der Waals surface area contributed by atoms with Crippen molar-refractivity contribution in [1.82, 2.24) is 0 Å². The lowest BCUT2D eigenvalue weighted by Crippen LogP contribution is -2.23. The Balaban J connectivity index is 2.39. The highest BCUT2D eigenvalue weighted by Crippen LogP contribution is 2.35. The highest BCUT2D eigenvalue weighted by atomic mass is 79.9. The molecule has 1 aliphatic rings. The largest absolute Gasteiger partial charge is 0.398 e. The van der Waals surface area contributed by atoms with Crippen molar-refractivity contribution in [2.75, 3.05) is 11.5 Å². The molecular formula is C14H9BrN2O2. The van der Waals surface area contributed by atoms with Gasteiger partial charge in [0.05, 0.1) is 11.1 Å². The van der Waals surface area contributed by atoms with Crippen LogP contribution in [-0.4, -0.2) is 11.6 Å². The third-order valence-electron chi connectivity index (χ3n) is 3.19. The van der Waals surface area contributed by atoms with Gasteiger partial charge in [-0.05, 0) is 30.3 Å². The van der Waals surface area contributed by atoms with Gasteiger partial charge in [0.25, 0.3) is 0 Å². The van der Waals surface area contributed by atoms with Gasteiger partial charge in [-0.2, -0.15) is 0 Å². The lowest BCUT2D eigenvalue weighted by molar-refractivity contribution is 0.0980. The van der Waals surface area contributed by atoms with E-state index in [2.05, 4.69) is 15.9 Å². The van der Waals surface area contributed by atoms with Gasteiger partial charge in [-0.1, -0.05) is 15.9 Å². The monoisotopic (exact) mass is 316 g/mol. The van der Waals surface area contributed by atoms with Crippen LogP contribution in [0.4, 0.5) is 11.4 Å². The highest BCUT2D eigenvalue weighted by molar-refractivity contribution is 9.10. The van der Waals surface area contributed by atoms with Gasteiger partial charge in [-0.15, -0.1) is 0 Å². The number of carbonyl (C=O) groups is 2. The van der Waals surface area contributed by atoms with Gasteiger partial charge in [-0.3, -0.25) is 9.59 Å². The number of benzene rings is 2.